The molecule has 4 nitrogen and oxygen atoms in total. The predicted octanol–water partition coefficient (Wildman–Crippen LogP) is 3.80. The Morgan fingerprint density at radius 3 is 2.65 bits per heavy atom. The number of nitrogens with zero attached hydrogens (tertiary/aromatic N) is 2. The molecule has 0 spiro atoms. The molecule has 1 aliphatic rings. The Kier molecular flexibility index (Phi) is 4.51. The zero-order valence-electron chi connectivity index (χ0n) is 14.2. The summed E-state index contributed by atoms with van der Waals surface area (Å²) in [5, 5.41) is 7.79. The van der Waals surface area contributed by atoms with Gasteiger partial charge in [-0.3, -0.25) is 4.79 Å². The molecule has 2 aromatic rings. The molecule has 1 saturated carbocycles. The maximum atomic E-state index is 12.7. The second-order valence-corrected chi connectivity index (χ2v) is 6.74. The van der Waals surface area contributed by atoms with Gasteiger partial charge in [-0.15, -0.1) is 0 Å². The monoisotopic (exact) mass is 311 g/mol. The van der Waals surface area contributed by atoms with Crippen LogP contribution in [0.1, 0.15) is 54.4 Å². The summed E-state index contributed by atoms with van der Waals surface area (Å²) in [5.74, 6) is 0.713. The van der Waals surface area contributed by atoms with Crippen LogP contribution in [0.2, 0.25) is 0 Å². The molecule has 0 aliphatic heterocycles. The molecule has 0 saturated heterocycles. The lowest BCUT2D eigenvalue weighted by Gasteiger charge is -2.27. The van der Waals surface area contributed by atoms with Crippen molar-refractivity contribution in [2.75, 3.05) is 0 Å². The highest BCUT2D eigenvalue weighted by atomic mass is 16.1. The summed E-state index contributed by atoms with van der Waals surface area (Å²) >= 11 is 0. The Bertz CT molecular complexity index is 690. The van der Waals surface area contributed by atoms with Crippen molar-refractivity contribution < 1.29 is 4.79 Å². The highest BCUT2D eigenvalue weighted by molar-refractivity contribution is 5.96. The van der Waals surface area contributed by atoms with Gasteiger partial charge < -0.3 is 5.32 Å². The Labute approximate surface area is 137 Å². The van der Waals surface area contributed by atoms with E-state index in [0.29, 0.717) is 17.5 Å². The molecule has 4 heteroatoms. The summed E-state index contributed by atoms with van der Waals surface area (Å²) in [6, 6.07) is 10.2. The van der Waals surface area contributed by atoms with Crippen LogP contribution in [0.4, 0.5) is 0 Å². The molecule has 1 heterocycles. The number of carbonyl (C=O) groups is 1. The summed E-state index contributed by atoms with van der Waals surface area (Å²) < 4.78 is 1.85. The van der Waals surface area contributed by atoms with Crippen molar-refractivity contribution in [2.24, 2.45) is 5.92 Å². The second kappa shape index (κ2) is 6.57. The molecule has 23 heavy (non-hydrogen) atoms. The third kappa shape index (κ3) is 3.31. The van der Waals surface area contributed by atoms with Gasteiger partial charge >= 0.3 is 0 Å². The van der Waals surface area contributed by atoms with E-state index in [1.165, 1.54) is 12.8 Å². The average Bonchev–Trinajstić information content (AvgIpc) is 2.83. The predicted molar refractivity (Wildman–Crippen MR) is 91.9 cm³/mol. The second-order valence-electron chi connectivity index (χ2n) is 6.74. The van der Waals surface area contributed by atoms with E-state index < -0.39 is 0 Å². The minimum atomic E-state index is 0.0151. The molecule has 1 aliphatic carbocycles. The van der Waals surface area contributed by atoms with E-state index >= 15 is 0 Å². The van der Waals surface area contributed by atoms with Gasteiger partial charge in [-0.25, -0.2) is 4.68 Å². The van der Waals surface area contributed by atoms with Gasteiger partial charge in [0.1, 0.15) is 0 Å². The van der Waals surface area contributed by atoms with Crippen LogP contribution in [0.3, 0.4) is 0 Å². The van der Waals surface area contributed by atoms with Crippen LogP contribution in [-0.2, 0) is 0 Å². The van der Waals surface area contributed by atoms with Crippen molar-refractivity contribution in [1.29, 1.82) is 0 Å². The number of carbonyl (C=O) groups excluding carboxylic acids is 1. The maximum Gasteiger partial charge on any atom is 0.255 e. The van der Waals surface area contributed by atoms with Crippen molar-refractivity contribution in [2.45, 2.75) is 52.5 Å². The zero-order chi connectivity index (χ0) is 16.4. The van der Waals surface area contributed by atoms with Gasteiger partial charge in [0.2, 0.25) is 0 Å². The summed E-state index contributed by atoms with van der Waals surface area (Å²) in [4.78, 5) is 12.7. The number of nitrogens with one attached hydrogen (secondary N) is 1. The van der Waals surface area contributed by atoms with Gasteiger partial charge in [0.15, 0.2) is 0 Å². The van der Waals surface area contributed by atoms with Gasteiger partial charge in [0, 0.05) is 6.04 Å². The van der Waals surface area contributed by atoms with Crippen LogP contribution in [0, 0.1) is 19.8 Å². The fourth-order valence-corrected chi connectivity index (χ4v) is 3.61. The lowest BCUT2D eigenvalue weighted by molar-refractivity contribution is 0.0920. The fourth-order valence-electron chi connectivity index (χ4n) is 3.61. The standard InChI is InChI=1S/C19H25N3O/c1-13-8-7-9-16(12-13)20-19(23)18-14(2)21-22(15(18)3)17-10-5-4-6-11-17/h4-6,10-11,13,16H,7-9,12H2,1-3H3,(H,20,23). The molecule has 0 radical (unpaired) electrons. The molecule has 2 unspecified atom stereocenters. The van der Waals surface area contributed by atoms with Gasteiger partial charge in [0.25, 0.3) is 5.91 Å². The first-order valence-electron chi connectivity index (χ1n) is 8.48. The minimum Gasteiger partial charge on any atom is -0.349 e. The molecule has 1 aromatic heterocycles. The van der Waals surface area contributed by atoms with Crippen molar-refractivity contribution in [3.05, 3.63) is 47.3 Å². The molecule has 1 fully saturated rings. The maximum absolute atomic E-state index is 12.7. The number of para-hydroxylation sites is 1. The lowest BCUT2D eigenvalue weighted by Crippen LogP contribution is -2.38. The number of aromatic nitrogens is 2. The van der Waals surface area contributed by atoms with Crippen molar-refractivity contribution in [3.63, 3.8) is 0 Å². The molecule has 1 aromatic carbocycles. The number of hydrogen-bond donors (Lipinski definition) is 1. The van der Waals surface area contributed by atoms with Gasteiger partial charge in [-0.2, -0.15) is 5.10 Å². The highest BCUT2D eigenvalue weighted by Crippen LogP contribution is 2.24. The zero-order valence-corrected chi connectivity index (χ0v) is 14.2. The first-order valence-corrected chi connectivity index (χ1v) is 8.48. The lowest BCUT2D eigenvalue weighted by atomic mass is 9.87. The van der Waals surface area contributed by atoms with Gasteiger partial charge in [0.05, 0.1) is 22.6 Å². The first-order chi connectivity index (χ1) is 11.1. The molecule has 2 atom stereocenters. The third-order valence-corrected chi connectivity index (χ3v) is 4.79. The number of hydrogen-bond acceptors (Lipinski definition) is 2. The van der Waals surface area contributed by atoms with Crippen molar-refractivity contribution >= 4 is 5.91 Å². The normalized spacial score (nSPS) is 21.2. The van der Waals surface area contributed by atoms with E-state index in [4.69, 9.17) is 0 Å². The van der Waals surface area contributed by atoms with E-state index in [9.17, 15) is 4.79 Å². The van der Waals surface area contributed by atoms with Crippen molar-refractivity contribution in [1.82, 2.24) is 15.1 Å². The van der Waals surface area contributed by atoms with Crippen LogP contribution in [-0.4, -0.2) is 21.7 Å². The van der Waals surface area contributed by atoms with Crippen LogP contribution in [0.15, 0.2) is 30.3 Å². The van der Waals surface area contributed by atoms with E-state index in [0.717, 1.165) is 29.9 Å². The summed E-state index contributed by atoms with van der Waals surface area (Å²) in [6.07, 6.45) is 4.64. The van der Waals surface area contributed by atoms with Crippen LogP contribution >= 0.6 is 0 Å². The Morgan fingerprint density at radius 2 is 1.96 bits per heavy atom. The van der Waals surface area contributed by atoms with Crippen LogP contribution < -0.4 is 5.32 Å². The molecule has 1 amide bonds. The largest absolute Gasteiger partial charge is 0.349 e. The van der Waals surface area contributed by atoms with E-state index in [1.54, 1.807) is 0 Å². The Hall–Kier alpha value is -2.10. The summed E-state index contributed by atoms with van der Waals surface area (Å²) in [5.41, 5.74) is 3.38. The molecule has 0 bridgehead atoms. The first kappa shape index (κ1) is 15.8. The quantitative estimate of drug-likeness (QED) is 0.937. The molecular formula is C19H25N3O. The molecule has 1 N–H and O–H groups in total. The molecule has 122 valence electrons. The Balaban J connectivity index is 1.82. The highest BCUT2D eigenvalue weighted by Gasteiger charge is 2.24. The Morgan fingerprint density at radius 1 is 1.22 bits per heavy atom. The fraction of sp³-hybridized carbons (Fsp3) is 0.474. The SMILES string of the molecule is Cc1nn(-c2ccccc2)c(C)c1C(=O)NC1CCCC(C)C1. The average molecular weight is 311 g/mol. The van der Waals surface area contributed by atoms with Gasteiger partial charge in [-0.05, 0) is 44.7 Å². The number of rotatable bonds is 3. The minimum absolute atomic E-state index is 0.0151. The van der Waals surface area contributed by atoms with E-state index in [-0.39, 0.29) is 5.91 Å². The van der Waals surface area contributed by atoms with Crippen LogP contribution in [0.25, 0.3) is 5.69 Å². The smallest absolute Gasteiger partial charge is 0.255 e. The number of aryl methyl sites for hydroxylation is 1. The third-order valence-electron chi connectivity index (χ3n) is 4.79. The van der Waals surface area contributed by atoms with Gasteiger partial charge in [-0.1, -0.05) is 38.0 Å². The molecular weight excluding hydrogens is 286 g/mol. The molecule has 3 rings (SSSR count). The van der Waals surface area contributed by atoms with E-state index in [1.807, 2.05) is 48.9 Å². The summed E-state index contributed by atoms with van der Waals surface area (Å²) in [6.45, 7) is 6.14. The topological polar surface area (TPSA) is 46.9 Å². The van der Waals surface area contributed by atoms with E-state index in [2.05, 4.69) is 17.3 Å². The van der Waals surface area contributed by atoms with Crippen molar-refractivity contribution in [3.8, 4) is 5.69 Å². The number of amides is 1. The number of benzene rings is 1. The van der Waals surface area contributed by atoms with Crippen LogP contribution in [0.5, 0.6) is 0 Å². The summed E-state index contributed by atoms with van der Waals surface area (Å²) in [7, 11) is 0.